The Kier molecular flexibility index (Phi) is 9.64. The molecule has 0 atom stereocenters. The number of aromatic amines is 1. The second-order valence-electron chi connectivity index (χ2n) is 5.19. The minimum absolute atomic E-state index is 1.18. The van der Waals surface area contributed by atoms with E-state index in [1.807, 2.05) is 6.20 Å². The van der Waals surface area contributed by atoms with E-state index in [0.29, 0.717) is 0 Å². The molecule has 2 heteroatoms. The van der Waals surface area contributed by atoms with Gasteiger partial charge in [-0.25, -0.2) is 0 Å². The summed E-state index contributed by atoms with van der Waals surface area (Å²) in [5.41, 5.74) is 1.44. The highest BCUT2D eigenvalue weighted by Gasteiger charge is 1.94. The van der Waals surface area contributed by atoms with Crippen LogP contribution in [0.2, 0.25) is 0 Å². The van der Waals surface area contributed by atoms with E-state index in [-0.39, 0.29) is 0 Å². The van der Waals surface area contributed by atoms with Gasteiger partial charge in [0.2, 0.25) is 0 Å². The van der Waals surface area contributed by atoms with E-state index in [1.54, 1.807) is 0 Å². The minimum Gasteiger partial charge on any atom is -0.367 e. The third kappa shape index (κ3) is 8.35. The lowest BCUT2D eigenvalue weighted by Crippen LogP contribution is -2.16. The normalized spacial score (nSPS) is 10.9. The molecule has 1 rings (SSSR count). The molecule has 0 aliphatic rings. The first-order valence-electron chi connectivity index (χ1n) is 7.76. The summed E-state index contributed by atoms with van der Waals surface area (Å²) in [4.78, 5) is 3.10. The van der Waals surface area contributed by atoms with Gasteiger partial charge in [-0.3, -0.25) is 0 Å². The summed E-state index contributed by atoms with van der Waals surface area (Å²) in [6.45, 7) is 4.66. The van der Waals surface area contributed by atoms with Crippen molar-refractivity contribution < 1.29 is 0 Å². The van der Waals surface area contributed by atoms with Gasteiger partial charge in [-0.15, -0.1) is 0 Å². The Labute approximate surface area is 113 Å². The lowest BCUT2D eigenvalue weighted by atomic mass is 10.1. The van der Waals surface area contributed by atoms with E-state index in [2.05, 4.69) is 29.5 Å². The van der Waals surface area contributed by atoms with Gasteiger partial charge in [-0.05, 0) is 50.4 Å². The Hall–Kier alpha value is -0.760. The molecule has 0 bridgehead atoms. The molecule has 0 saturated heterocycles. The van der Waals surface area contributed by atoms with Crippen molar-refractivity contribution in [2.75, 3.05) is 13.1 Å². The molecule has 0 spiro atoms. The first-order chi connectivity index (χ1) is 8.93. The Balaban J connectivity index is 1.73. The highest BCUT2D eigenvalue weighted by atomic mass is 14.8. The van der Waals surface area contributed by atoms with Gasteiger partial charge in [0.15, 0.2) is 0 Å². The Morgan fingerprint density at radius 2 is 1.67 bits per heavy atom. The lowest BCUT2D eigenvalue weighted by Gasteiger charge is -2.04. The number of hydrogen-bond acceptors (Lipinski definition) is 1. The molecule has 2 nitrogen and oxygen atoms in total. The fourth-order valence-electron chi connectivity index (χ4n) is 2.25. The Morgan fingerprint density at radius 3 is 2.39 bits per heavy atom. The van der Waals surface area contributed by atoms with Crippen LogP contribution in [0, 0.1) is 0 Å². The molecular formula is C16H30N2. The van der Waals surface area contributed by atoms with Crippen molar-refractivity contribution in [3.8, 4) is 0 Å². The summed E-state index contributed by atoms with van der Waals surface area (Å²) >= 11 is 0. The van der Waals surface area contributed by atoms with E-state index in [1.165, 1.54) is 76.4 Å². The van der Waals surface area contributed by atoms with Crippen molar-refractivity contribution in [3.63, 3.8) is 0 Å². The van der Waals surface area contributed by atoms with Crippen LogP contribution in [0.5, 0.6) is 0 Å². The number of hydrogen-bond donors (Lipinski definition) is 2. The van der Waals surface area contributed by atoms with Crippen molar-refractivity contribution in [2.24, 2.45) is 0 Å². The molecule has 0 aliphatic carbocycles. The average Bonchev–Trinajstić information content (AvgIpc) is 2.89. The van der Waals surface area contributed by atoms with E-state index in [9.17, 15) is 0 Å². The van der Waals surface area contributed by atoms with Crippen LogP contribution in [0.25, 0.3) is 0 Å². The second-order valence-corrected chi connectivity index (χ2v) is 5.19. The van der Waals surface area contributed by atoms with Crippen LogP contribution in [-0.4, -0.2) is 18.1 Å². The molecule has 0 radical (unpaired) electrons. The van der Waals surface area contributed by atoms with Gasteiger partial charge in [0.1, 0.15) is 0 Å². The third-order valence-corrected chi connectivity index (χ3v) is 3.44. The molecule has 0 aromatic carbocycles. The van der Waals surface area contributed by atoms with Gasteiger partial charge < -0.3 is 10.3 Å². The predicted octanol–water partition coefficient (Wildman–Crippen LogP) is 4.29. The second kappa shape index (κ2) is 11.3. The first-order valence-corrected chi connectivity index (χ1v) is 7.76. The zero-order chi connectivity index (χ0) is 12.9. The van der Waals surface area contributed by atoms with Crippen molar-refractivity contribution in [2.45, 2.75) is 64.7 Å². The minimum atomic E-state index is 1.18. The standard InChI is InChI=1S/C16H30N2/c1-2-3-4-5-6-8-12-17-13-9-7-10-16-11-14-18-15-16/h11,14-15,17-18H,2-10,12-13H2,1H3. The van der Waals surface area contributed by atoms with Gasteiger partial charge >= 0.3 is 0 Å². The van der Waals surface area contributed by atoms with E-state index in [4.69, 9.17) is 0 Å². The summed E-state index contributed by atoms with van der Waals surface area (Å²) in [5, 5.41) is 3.55. The van der Waals surface area contributed by atoms with Gasteiger partial charge in [-0.1, -0.05) is 39.0 Å². The Morgan fingerprint density at radius 1 is 0.944 bits per heavy atom. The zero-order valence-electron chi connectivity index (χ0n) is 12.0. The van der Waals surface area contributed by atoms with E-state index < -0.39 is 0 Å². The zero-order valence-corrected chi connectivity index (χ0v) is 12.0. The molecule has 1 heterocycles. The van der Waals surface area contributed by atoms with Crippen LogP contribution in [-0.2, 0) is 6.42 Å². The molecular weight excluding hydrogens is 220 g/mol. The molecule has 0 unspecified atom stereocenters. The fourth-order valence-corrected chi connectivity index (χ4v) is 2.25. The van der Waals surface area contributed by atoms with Crippen LogP contribution >= 0.6 is 0 Å². The van der Waals surface area contributed by atoms with Crippen LogP contribution in [0.1, 0.15) is 63.9 Å². The van der Waals surface area contributed by atoms with E-state index in [0.717, 1.165) is 0 Å². The fraction of sp³-hybridized carbons (Fsp3) is 0.750. The van der Waals surface area contributed by atoms with Gasteiger partial charge in [0.25, 0.3) is 0 Å². The molecule has 0 amide bonds. The smallest absolute Gasteiger partial charge is 0.00373 e. The average molecular weight is 250 g/mol. The maximum atomic E-state index is 3.55. The van der Waals surface area contributed by atoms with Crippen LogP contribution in [0.3, 0.4) is 0 Å². The summed E-state index contributed by atoms with van der Waals surface area (Å²) in [5.74, 6) is 0. The largest absolute Gasteiger partial charge is 0.367 e. The van der Waals surface area contributed by atoms with Crippen molar-refractivity contribution in [1.82, 2.24) is 10.3 Å². The van der Waals surface area contributed by atoms with Crippen molar-refractivity contribution in [3.05, 3.63) is 24.0 Å². The number of rotatable bonds is 12. The summed E-state index contributed by atoms with van der Waals surface area (Å²) in [6.07, 6.45) is 16.3. The van der Waals surface area contributed by atoms with Gasteiger partial charge in [0, 0.05) is 12.4 Å². The molecule has 0 saturated carbocycles. The molecule has 1 aromatic heterocycles. The SMILES string of the molecule is CCCCCCCCNCCCCc1cc[nH]c1. The molecule has 2 N–H and O–H groups in total. The first kappa shape index (κ1) is 15.3. The monoisotopic (exact) mass is 250 g/mol. The number of aromatic nitrogens is 1. The van der Waals surface area contributed by atoms with E-state index >= 15 is 0 Å². The maximum absolute atomic E-state index is 3.55. The summed E-state index contributed by atoms with van der Waals surface area (Å²) in [7, 11) is 0. The van der Waals surface area contributed by atoms with Gasteiger partial charge in [-0.2, -0.15) is 0 Å². The van der Waals surface area contributed by atoms with Crippen molar-refractivity contribution >= 4 is 0 Å². The number of H-pyrrole nitrogens is 1. The summed E-state index contributed by atoms with van der Waals surface area (Å²) in [6, 6.07) is 2.17. The topological polar surface area (TPSA) is 27.8 Å². The molecule has 1 aromatic rings. The molecule has 0 fully saturated rings. The number of unbranched alkanes of at least 4 members (excludes halogenated alkanes) is 6. The van der Waals surface area contributed by atoms with Crippen molar-refractivity contribution in [1.29, 1.82) is 0 Å². The summed E-state index contributed by atoms with van der Waals surface area (Å²) < 4.78 is 0. The van der Waals surface area contributed by atoms with Crippen LogP contribution in [0.15, 0.2) is 18.5 Å². The van der Waals surface area contributed by atoms with Gasteiger partial charge in [0.05, 0.1) is 0 Å². The number of aryl methyl sites for hydroxylation is 1. The maximum Gasteiger partial charge on any atom is 0.00373 e. The number of nitrogens with one attached hydrogen (secondary N) is 2. The van der Waals surface area contributed by atoms with Crippen LogP contribution < -0.4 is 5.32 Å². The Bertz CT molecular complexity index is 254. The van der Waals surface area contributed by atoms with Crippen LogP contribution in [0.4, 0.5) is 0 Å². The molecule has 104 valence electrons. The highest BCUT2D eigenvalue weighted by molar-refractivity contribution is 5.07. The highest BCUT2D eigenvalue weighted by Crippen LogP contribution is 2.04. The molecule has 0 aliphatic heterocycles. The lowest BCUT2D eigenvalue weighted by molar-refractivity contribution is 0.558. The quantitative estimate of drug-likeness (QED) is 0.532. The molecule has 18 heavy (non-hydrogen) atoms. The third-order valence-electron chi connectivity index (χ3n) is 3.44. The predicted molar refractivity (Wildman–Crippen MR) is 80.0 cm³/mol.